The topological polar surface area (TPSA) is 68.5 Å². The lowest BCUT2D eigenvalue weighted by Gasteiger charge is -2.12. The Hall–Kier alpha value is -3.69. The molecule has 0 atom stereocenters. The summed E-state index contributed by atoms with van der Waals surface area (Å²) in [5, 5.41) is 9.52. The Kier molecular flexibility index (Phi) is 6.38. The molecule has 3 aromatic rings. The third kappa shape index (κ3) is 5.27. The Morgan fingerprint density at radius 1 is 1.26 bits per heavy atom. The number of amides is 1. The molecule has 0 saturated carbocycles. The van der Waals surface area contributed by atoms with Crippen molar-refractivity contribution in [1.82, 2.24) is 9.78 Å². The maximum atomic E-state index is 14.3. The Balaban J connectivity index is 1.84. The van der Waals surface area contributed by atoms with Gasteiger partial charge in [-0.25, -0.2) is 4.39 Å². The number of carbonyl (C=O) groups is 1. The summed E-state index contributed by atoms with van der Waals surface area (Å²) in [7, 11) is 2.69. The van der Waals surface area contributed by atoms with Crippen LogP contribution >= 0.6 is 0 Å². The Bertz CT molecular complexity index is 1120. The number of nitrogens with one attached hydrogen (secondary N) is 1. The number of hydrogen-bond acceptors (Lipinski definition) is 4. The summed E-state index contributed by atoms with van der Waals surface area (Å²) < 4.78 is 54.7. The van der Waals surface area contributed by atoms with Crippen molar-refractivity contribution >= 4 is 17.8 Å². The predicted molar refractivity (Wildman–Crippen MR) is 107 cm³/mol. The molecule has 1 amide bonds. The van der Waals surface area contributed by atoms with Gasteiger partial charge in [0.2, 0.25) is 5.91 Å². The van der Waals surface area contributed by atoms with Crippen LogP contribution in [0, 0.1) is 5.82 Å². The molecular formula is C21H18F4N4O2. The van der Waals surface area contributed by atoms with Crippen LogP contribution in [0.2, 0.25) is 0 Å². The first kappa shape index (κ1) is 22.0. The number of halogens is 4. The quantitative estimate of drug-likeness (QED) is 0.355. The van der Waals surface area contributed by atoms with E-state index in [0.29, 0.717) is 16.8 Å². The standard InChI is InChI=1S/C21H18F4N4O2/c1-29-12-15(20(28-29)21(23,24)25)10-19(30)27-18-6-4-3-5-16(18)13-7-8-14(11-26-31-2)17(22)9-13/h3-9,11-12H,10H2,1-2H3,(H,27,30)/b26-11+. The number of anilines is 1. The van der Waals surface area contributed by atoms with E-state index in [1.54, 1.807) is 30.3 Å². The fourth-order valence-electron chi connectivity index (χ4n) is 3.03. The van der Waals surface area contributed by atoms with Crippen molar-refractivity contribution in [3.05, 3.63) is 71.3 Å². The van der Waals surface area contributed by atoms with Gasteiger partial charge in [0.1, 0.15) is 12.9 Å². The second kappa shape index (κ2) is 8.99. The van der Waals surface area contributed by atoms with Crippen molar-refractivity contribution in [3.63, 3.8) is 0 Å². The van der Waals surface area contributed by atoms with E-state index in [9.17, 15) is 22.4 Å². The number of aryl methyl sites for hydroxylation is 1. The SMILES string of the molecule is CO/N=C/c1ccc(-c2ccccc2NC(=O)Cc2cn(C)nc2C(F)(F)F)cc1F. The highest BCUT2D eigenvalue weighted by Gasteiger charge is 2.37. The van der Waals surface area contributed by atoms with Gasteiger partial charge < -0.3 is 10.2 Å². The number of hydrogen-bond donors (Lipinski definition) is 1. The fraction of sp³-hybridized carbons (Fsp3) is 0.190. The molecule has 2 aromatic carbocycles. The summed E-state index contributed by atoms with van der Waals surface area (Å²) in [4.78, 5) is 17.0. The van der Waals surface area contributed by atoms with E-state index in [-0.39, 0.29) is 11.1 Å². The smallest absolute Gasteiger partial charge is 0.399 e. The number of para-hydroxylation sites is 1. The van der Waals surface area contributed by atoms with Gasteiger partial charge in [-0.15, -0.1) is 0 Å². The largest absolute Gasteiger partial charge is 0.435 e. The van der Waals surface area contributed by atoms with Crippen molar-refractivity contribution in [2.75, 3.05) is 12.4 Å². The molecule has 0 fully saturated rings. The monoisotopic (exact) mass is 434 g/mol. The van der Waals surface area contributed by atoms with Crippen LogP contribution in [-0.4, -0.2) is 29.0 Å². The van der Waals surface area contributed by atoms with Crippen LogP contribution in [0.4, 0.5) is 23.2 Å². The van der Waals surface area contributed by atoms with Gasteiger partial charge in [-0.05, 0) is 23.8 Å². The zero-order valence-electron chi connectivity index (χ0n) is 16.6. The minimum atomic E-state index is -4.67. The van der Waals surface area contributed by atoms with Crippen LogP contribution in [0.5, 0.6) is 0 Å². The summed E-state index contributed by atoms with van der Waals surface area (Å²) in [6.45, 7) is 0. The lowest BCUT2D eigenvalue weighted by atomic mass is 10.0. The van der Waals surface area contributed by atoms with Crippen LogP contribution < -0.4 is 5.32 Å². The van der Waals surface area contributed by atoms with Crippen molar-refractivity contribution in [2.45, 2.75) is 12.6 Å². The van der Waals surface area contributed by atoms with Crippen molar-refractivity contribution in [1.29, 1.82) is 0 Å². The maximum Gasteiger partial charge on any atom is 0.435 e. The van der Waals surface area contributed by atoms with Crippen molar-refractivity contribution in [2.24, 2.45) is 12.2 Å². The average Bonchev–Trinajstić information content (AvgIpc) is 3.08. The van der Waals surface area contributed by atoms with Gasteiger partial charge in [-0.1, -0.05) is 29.4 Å². The highest BCUT2D eigenvalue weighted by molar-refractivity contribution is 5.96. The minimum absolute atomic E-state index is 0.211. The lowest BCUT2D eigenvalue weighted by Crippen LogP contribution is -2.17. The molecule has 0 bridgehead atoms. The normalized spacial score (nSPS) is 11.7. The average molecular weight is 434 g/mol. The second-order valence-electron chi connectivity index (χ2n) is 6.60. The van der Waals surface area contributed by atoms with Crippen LogP contribution in [-0.2, 0) is 29.3 Å². The van der Waals surface area contributed by atoms with Crippen molar-refractivity contribution < 1.29 is 27.2 Å². The molecule has 0 radical (unpaired) electrons. The van der Waals surface area contributed by atoms with E-state index in [1.807, 2.05) is 0 Å². The van der Waals surface area contributed by atoms with Gasteiger partial charge in [0.05, 0.1) is 12.6 Å². The zero-order valence-corrected chi connectivity index (χ0v) is 16.6. The van der Waals surface area contributed by atoms with Crippen LogP contribution in [0.15, 0.2) is 53.8 Å². The molecule has 1 N–H and O–H groups in total. The lowest BCUT2D eigenvalue weighted by molar-refractivity contribution is -0.142. The maximum absolute atomic E-state index is 14.3. The highest BCUT2D eigenvalue weighted by Crippen LogP contribution is 2.32. The molecule has 1 heterocycles. The summed E-state index contributed by atoms with van der Waals surface area (Å²) in [6.07, 6.45) is -2.80. The molecule has 10 heteroatoms. The number of oxime groups is 1. The van der Waals surface area contributed by atoms with Crippen molar-refractivity contribution in [3.8, 4) is 11.1 Å². The third-order valence-electron chi connectivity index (χ3n) is 4.33. The zero-order chi connectivity index (χ0) is 22.6. The van der Waals surface area contributed by atoms with E-state index in [2.05, 4.69) is 20.4 Å². The molecule has 162 valence electrons. The molecule has 6 nitrogen and oxygen atoms in total. The Morgan fingerprint density at radius 2 is 2.00 bits per heavy atom. The van der Waals surface area contributed by atoms with Crippen LogP contribution in [0.1, 0.15) is 16.8 Å². The molecule has 31 heavy (non-hydrogen) atoms. The molecule has 0 aliphatic rings. The Morgan fingerprint density at radius 3 is 2.68 bits per heavy atom. The number of rotatable bonds is 6. The summed E-state index contributed by atoms with van der Waals surface area (Å²) in [6, 6.07) is 11.0. The van der Waals surface area contributed by atoms with E-state index in [4.69, 9.17) is 0 Å². The highest BCUT2D eigenvalue weighted by atomic mass is 19.4. The van der Waals surface area contributed by atoms with Crippen LogP contribution in [0.25, 0.3) is 11.1 Å². The van der Waals surface area contributed by atoms with Gasteiger partial charge in [0, 0.05) is 35.6 Å². The number of alkyl halides is 3. The van der Waals surface area contributed by atoms with Gasteiger partial charge in [-0.2, -0.15) is 18.3 Å². The van der Waals surface area contributed by atoms with E-state index in [1.165, 1.54) is 32.5 Å². The number of carbonyl (C=O) groups excluding carboxylic acids is 1. The summed E-state index contributed by atoms with van der Waals surface area (Å²) in [5.74, 6) is -1.21. The van der Waals surface area contributed by atoms with Gasteiger partial charge in [0.25, 0.3) is 0 Å². The molecule has 0 aliphatic heterocycles. The molecule has 0 spiro atoms. The molecule has 0 unspecified atom stereocenters. The number of aromatic nitrogens is 2. The van der Waals surface area contributed by atoms with Gasteiger partial charge in [0.15, 0.2) is 5.69 Å². The molecule has 3 rings (SSSR count). The predicted octanol–water partition coefficient (Wildman–Crippen LogP) is 4.41. The third-order valence-corrected chi connectivity index (χ3v) is 4.33. The number of benzene rings is 2. The second-order valence-corrected chi connectivity index (χ2v) is 6.60. The van der Waals surface area contributed by atoms with Gasteiger partial charge >= 0.3 is 6.18 Å². The fourth-order valence-corrected chi connectivity index (χ4v) is 3.03. The van der Waals surface area contributed by atoms with E-state index < -0.39 is 30.0 Å². The first-order valence-corrected chi connectivity index (χ1v) is 9.04. The first-order valence-electron chi connectivity index (χ1n) is 9.04. The van der Waals surface area contributed by atoms with E-state index >= 15 is 0 Å². The van der Waals surface area contributed by atoms with Crippen LogP contribution in [0.3, 0.4) is 0 Å². The summed E-state index contributed by atoms with van der Waals surface area (Å²) in [5.41, 5.74) is 0.185. The molecule has 0 saturated heterocycles. The molecule has 0 aliphatic carbocycles. The molecular weight excluding hydrogens is 416 g/mol. The minimum Gasteiger partial charge on any atom is -0.399 e. The first-order chi connectivity index (χ1) is 14.7. The number of nitrogens with zero attached hydrogens (tertiary/aromatic N) is 3. The van der Waals surface area contributed by atoms with Gasteiger partial charge in [-0.3, -0.25) is 9.48 Å². The Labute approximate surface area is 175 Å². The van der Waals surface area contributed by atoms with E-state index in [0.717, 1.165) is 10.9 Å². The summed E-state index contributed by atoms with van der Waals surface area (Å²) >= 11 is 0. The molecule has 1 aromatic heterocycles.